The zero-order valence-electron chi connectivity index (χ0n) is 11.1. The first-order valence-corrected chi connectivity index (χ1v) is 6.67. The molecule has 1 aliphatic rings. The second-order valence-corrected chi connectivity index (χ2v) is 5.82. The molecule has 0 radical (unpaired) electrons. The molecule has 0 amide bonds. The Morgan fingerprint density at radius 2 is 1.53 bits per heavy atom. The maximum Gasteiger partial charge on any atom is 0.0609 e. The molecule has 1 aliphatic carbocycles. The van der Waals surface area contributed by atoms with Gasteiger partial charge < -0.3 is 4.74 Å². The number of hydrogen-bond donors (Lipinski definition) is 0. The molecule has 1 nitrogen and oxygen atoms in total. The third kappa shape index (κ3) is 3.79. The Morgan fingerprint density at radius 1 is 0.933 bits per heavy atom. The van der Waals surface area contributed by atoms with Crippen molar-refractivity contribution in [2.24, 2.45) is 17.8 Å². The lowest BCUT2D eigenvalue weighted by molar-refractivity contribution is -0.0792. The molecular formula is C14H28O. The van der Waals surface area contributed by atoms with Crippen LogP contribution in [0, 0.1) is 17.8 Å². The standard InChI is InChI=1S/C14H28O/c1-10(2)12(5)15-14-9-7-6-8-13(14)11(3)4/h10-14H,6-9H2,1-5H3. The highest BCUT2D eigenvalue weighted by Gasteiger charge is 2.29. The van der Waals surface area contributed by atoms with Crippen LogP contribution in [0.15, 0.2) is 0 Å². The van der Waals surface area contributed by atoms with E-state index in [2.05, 4.69) is 34.6 Å². The van der Waals surface area contributed by atoms with Gasteiger partial charge in [-0.2, -0.15) is 0 Å². The summed E-state index contributed by atoms with van der Waals surface area (Å²) in [5, 5.41) is 0. The summed E-state index contributed by atoms with van der Waals surface area (Å²) >= 11 is 0. The van der Waals surface area contributed by atoms with Crippen LogP contribution >= 0.6 is 0 Å². The van der Waals surface area contributed by atoms with Gasteiger partial charge in [-0.1, -0.05) is 40.5 Å². The van der Waals surface area contributed by atoms with Gasteiger partial charge in [0.1, 0.15) is 0 Å². The lowest BCUT2D eigenvalue weighted by atomic mass is 9.79. The molecule has 0 aliphatic heterocycles. The second-order valence-electron chi connectivity index (χ2n) is 5.82. The first-order chi connectivity index (χ1) is 7.02. The first kappa shape index (κ1) is 13.0. The van der Waals surface area contributed by atoms with E-state index in [1.54, 1.807) is 0 Å². The lowest BCUT2D eigenvalue weighted by Gasteiger charge is -2.36. The van der Waals surface area contributed by atoms with Crippen LogP contribution in [-0.2, 0) is 4.74 Å². The summed E-state index contributed by atoms with van der Waals surface area (Å²) in [4.78, 5) is 0. The van der Waals surface area contributed by atoms with Crippen LogP contribution < -0.4 is 0 Å². The maximum absolute atomic E-state index is 6.23. The predicted octanol–water partition coefficient (Wildman–Crippen LogP) is 4.26. The van der Waals surface area contributed by atoms with Gasteiger partial charge in [-0.15, -0.1) is 0 Å². The molecule has 0 saturated heterocycles. The van der Waals surface area contributed by atoms with Gasteiger partial charge in [0.2, 0.25) is 0 Å². The van der Waals surface area contributed by atoms with E-state index in [0.29, 0.717) is 18.1 Å². The molecular weight excluding hydrogens is 184 g/mol. The summed E-state index contributed by atoms with van der Waals surface area (Å²) < 4.78 is 6.23. The molecule has 15 heavy (non-hydrogen) atoms. The Bertz CT molecular complexity index is 174. The topological polar surface area (TPSA) is 9.23 Å². The molecule has 3 atom stereocenters. The minimum Gasteiger partial charge on any atom is -0.375 e. The Morgan fingerprint density at radius 3 is 2.07 bits per heavy atom. The van der Waals surface area contributed by atoms with Crippen molar-refractivity contribution >= 4 is 0 Å². The summed E-state index contributed by atoms with van der Waals surface area (Å²) in [7, 11) is 0. The molecule has 0 spiro atoms. The van der Waals surface area contributed by atoms with Crippen molar-refractivity contribution < 1.29 is 4.74 Å². The van der Waals surface area contributed by atoms with Crippen LogP contribution in [0.4, 0.5) is 0 Å². The molecule has 0 bridgehead atoms. The van der Waals surface area contributed by atoms with Crippen LogP contribution in [0.1, 0.15) is 60.3 Å². The molecule has 0 heterocycles. The quantitative estimate of drug-likeness (QED) is 0.676. The van der Waals surface area contributed by atoms with E-state index < -0.39 is 0 Å². The van der Waals surface area contributed by atoms with Crippen molar-refractivity contribution in [1.82, 2.24) is 0 Å². The third-order valence-corrected chi connectivity index (χ3v) is 3.94. The van der Waals surface area contributed by atoms with Gasteiger partial charge >= 0.3 is 0 Å². The molecule has 3 unspecified atom stereocenters. The fraction of sp³-hybridized carbons (Fsp3) is 1.00. The van der Waals surface area contributed by atoms with Gasteiger partial charge in [0.25, 0.3) is 0 Å². The molecule has 1 rings (SSSR count). The SMILES string of the molecule is CC(C)C(C)OC1CCCCC1C(C)C. The maximum atomic E-state index is 6.23. The van der Waals surface area contributed by atoms with Gasteiger partial charge in [-0.05, 0) is 37.5 Å². The highest BCUT2D eigenvalue weighted by atomic mass is 16.5. The Balaban J connectivity index is 2.49. The van der Waals surface area contributed by atoms with Gasteiger partial charge in [-0.3, -0.25) is 0 Å². The van der Waals surface area contributed by atoms with Crippen molar-refractivity contribution in [2.75, 3.05) is 0 Å². The fourth-order valence-corrected chi connectivity index (χ4v) is 2.49. The zero-order valence-corrected chi connectivity index (χ0v) is 11.1. The third-order valence-electron chi connectivity index (χ3n) is 3.94. The van der Waals surface area contributed by atoms with Crippen molar-refractivity contribution in [1.29, 1.82) is 0 Å². The summed E-state index contributed by atoms with van der Waals surface area (Å²) in [6.07, 6.45) is 6.34. The highest BCUT2D eigenvalue weighted by molar-refractivity contribution is 4.79. The summed E-state index contributed by atoms with van der Waals surface area (Å²) in [6.45, 7) is 11.4. The van der Waals surface area contributed by atoms with Gasteiger partial charge in [0, 0.05) is 0 Å². The number of ether oxygens (including phenoxy) is 1. The smallest absolute Gasteiger partial charge is 0.0609 e. The van der Waals surface area contributed by atoms with Crippen LogP contribution in [0.5, 0.6) is 0 Å². The fourth-order valence-electron chi connectivity index (χ4n) is 2.49. The summed E-state index contributed by atoms with van der Waals surface area (Å²) in [5.74, 6) is 2.20. The average molecular weight is 212 g/mol. The van der Waals surface area contributed by atoms with Gasteiger partial charge in [0.05, 0.1) is 12.2 Å². The lowest BCUT2D eigenvalue weighted by Crippen LogP contribution is -2.35. The first-order valence-electron chi connectivity index (χ1n) is 6.67. The number of hydrogen-bond acceptors (Lipinski definition) is 1. The Kier molecular flexibility index (Phi) is 5.11. The minimum absolute atomic E-state index is 0.411. The van der Waals surface area contributed by atoms with Crippen LogP contribution in [0.25, 0.3) is 0 Å². The van der Waals surface area contributed by atoms with Crippen LogP contribution in [0.3, 0.4) is 0 Å². The summed E-state index contributed by atoms with van der Waals surface area (Å²) in [5.41, 5.74) is 0. The zero-order chi connectivity index (χ0) is 11.4. The number of rotatable bonds is 4. The average Bonchev–Trinajstić information content (AvgIpc) is 2.18. The molecule has 0 aromatic carbocycles. The Hall–Kier alpha value is -0.0400. The predicted molar refractivity (Wildman–Crippen MR) is 66.0 cm³/mol. The van der Waals surface area contributed by atoms with Gasteiger partial charge in [0.15, 0.2) is 0 Å². The molecule has 0 aromatic rings. The van der Waals surface area contributed by atoms with Crippen molar-refractivity contribution in [3.63, 3.8) is 0 Å². The van der Waals surface area contributed by atoms with E-state index in [9.17, 15) is 0 Å². The van der Waals surface area contributed by atoms with E-state index >= 15 is 0 Å². The molecule has 0 N–H and O–H groups in total. The minimum atomic E-state index is 0.411. The normalized spacial score (nSPS) is 29.8. The van der Waals surface area contributed by atoms with Crippen LogP contribution in [-0.4, -0.2) is 12.2 Å². The van der Waals surface area contributed by atoms with Crippen molar-refractivity contribution in [2.45, 2.75) is 72.5 Å². The van der Waals surface area contributed by atoms with Crippen LogP contribution in [0.2, 0.25) is 0 Å². The largest absolute Gasteiger partial charge is 0.375 e. The Labute approximate surface area is 95.6 Å². The van der Waals surface area contributed by atoms with E-state index in [0.717, 1.165) is 11.8 Å². The molecule has 0 aromatic heterocycles. The molecule has 1 fully saturated rings. The van der Waals surface area contributed by atoms with Crippen molar-refractivity contribution in [3.8, 4) is 0 Å². The van der Waals surface area contributed by atoms with E-state index in [1.807, 2.05) is 0 Å². The molecule has 1 heteroatoms. The molecule has 90 valence electrons. The highest BCUT2D eigenvalue weighted by Crippen LogP contribution is 2.33. The van der Waals surface area contributed by atoms with E-state index in [1.165, 1.54) is 25.7 Å². The second kappa shape index (κ2) is 5.89. The van der Waals surface area contributed by atoms with E-state index in [-0.39, 0.29) is 0 Å². The van der Waals surface area contributed by atoms with Gasteiger partial charge in [-0.25, -0.2) is 0 Å². The van der Waals surface area contributed by atoms with E-state index in [4.69, 9.17) is 4.74 Å². The molecule has 1 saturated carbocycles. The van der Waals surface area contributed by atoms with Crippen molar-refractivity contribution in [3.05, 3.63) is 0 Å². The monoisotopic (exact) mass is 212 g/mol. The summed E-state index contributed by atoms with van der Waals surface area (Å²) in [6, 6.07) is 0.